The summed E-state index contributed by atoms with van der Waals surface area (Å²) in [4.78, 5) is 14.3. The van der Waals surface area contributed by atoms with Gasteiger partial charge in [-0.1, -0.05) is 0 Å². The lowest BCUT2D eigenvalue weighted by molar-refractivity contribution is -0.100. The molecule has 0 aliphatic carbocycles. The van der Waals surface area contributed by atoms with Gasteiger partial charge in [-0.25, -0.2) is 8.78 Å². The van der Waals surface area contributed by atoms with Crippen molar-refractivity contribution in [3.8, 4) is 0 Å². The van der Waals surface area contributed by atoms with Crippen LogP contribution in [0.3, 0.4) is 0 Å². The molecule has 1 fully saturated rings. The maximum absolute atomic E-state index is 13.2. The molecule has 1 saturated heterocycles. The van der Waals surface area contributed by atoms with Crippen LogP contribution in [0.2, 0.25) is 0 Å². The number of nitrogens with zero attached hydrogens (tertiary/aromatic N) is 1. The number of ketones is 1. The normalized spacial score (nSPS) is 24.8. The number of Topliss-reactive ketones (excluding diaryl/α,β-unsaturated/α-hetero) is 1. The number of aliphatic hydroxyl groups is 1. The van der Waals surface area contributed by atoms with Crippen LogP contribution in [0.15, 0.2) is 18.2 Å². The third-order valence-corrected chi connectivity index (χ3v) is 3.69. The minimum Gasteiger partial charge on any atom is -0.394 e. The summed E-state index contributed by atoms with van der Waals surface area (Å²) in [5.41, 5.74) is 0.140. The van der Waals surface area contributed by atoms with E-state index in [2.05, 4.69) is 0 Å². The first kappa shape index (κ1) is 16.0. The van der Waals surface area contributed by atoms with Crippen molar-refractivity contribution < 1.29 is 23.4 Å². The Bertz CT molecular complexity index is 524. The monoisotopic (exact) mass is 299 g/mol. The van der Waals surface area contributed by atoms with Gasteiger partial charge in [-0.2, -0.15) is 0 Å². The van der Waals surface area contributed by atoms with Crippen molar-refractivity contribution in [3.05, 3.63) is 35.4 Å². The van der Waals surface area contributed by atoms with E-state index in [-0.39, 0.29) is 30.2 Å². The number of hydrogen-bond acceptors (Lipinski definition) is 4. The van der Waals surface area contributed by atoms with Gasteiger partial charge in [-0.15, -0.1) is 0 Å². The molecule has 0 amide bonds. The van der Waals surface area contributed by atoms with Crippen LogP contribution in [0, 0.1) is 11.6 Å². The van der Waals surface area contributed by atoms with E-state index in [1.54, 1.807) is 6.92 Å². The zero-order valence-corrected chi connectivity index (χ0v) is 12.1. The van der Waals surface area contributed by atoms with Crippen LogP contribution in [0.1, 0.15) is 24.2 Å². The summed E-state index contributed by atoms with van der Waals surface area (Å²) in [7, 11) is 0. The van der Waals surface area contributed by atoms with Crippen molar-refractivity contribution >= 4 is 5.78 Å². The minimum absolute atomic E-state index is 0.101. The van der Waals surface area contributed by atoms with Gasteiger partial charge in [0.1, 0.15) is 0 Å². The highest BCUT2D eigenvalue weighted by molar-refractivity contribution is 5.99. The van der Waals surface area contributed by atoms with E-state index in [0.717, 1.165) is 12.1 Å². The van der Waals surface area contributed by atoms with Gasteiger partial charge in [0.15, 0.2) is 17.4 Å². The van der Waals surface area contributed by atoms with Crippen LogP contribution in [0.25, 0.3) is 0 Å². The number of benzene rings is 1. The highest BCUT2D eigenvalue weighted by Gasteiger charge is 2.31. The number of hydrogen-bond donors (Lipinski definition) is 1. The molecule has 1 aromatic carbocycles. The summed E-state index contributed by atoms with van der Waals surface area (Å²) in [6.07, 6.45) is -0.440. The van der Waals surface area contributed by atoms with E-state index in [1.807, 2.05) is 11.8 Å². The maximum atomic E-state index is 13.2. The molecule has 2 rings (SSSR count). The molecule has 0 spiro atoms. The van der Waals surface area contributed by atoms with Gasteiger partial charge in [0.05, 0.1) is 24.9 Å². The predicted molar refractivity (Wildman–Crippen MR) is 73.1 cm³/mol. The summed E-state index contributed by atoms with van der Waals surface area (Å²) in [5.74, 6) is -2.28. The molecular weight excluding hydrogens is 280 g/mol. The molecule has 3 atom stereocenters. The Balaban J connectivity index is 2.12. The first-order valence-corrected chi connectivity index (χ1v) is 6.92. The summed E-state index contributed by atoms with van der Waals surface area (Å²) < 4.78 is 31.7. The number of aliphatic hydroxyl groups excluding tert-OH is 1. The summed E-state index contributed by atoms with van der Waals surface area (Å²) in [6.45, 7) is 4.44. The molecule has 1 aromatic rings. The lowest BCUT2D eigenvalue weighted by Crippen LogP contribution is -2.53. The van der Waals surface area contributed by atoms with Crippen molar-refractivity contribution in [1.29, 1.82) is 0 Å². The molecule has 1 N–H and O–H groups in total. The van der Waals surface area contributed by atoms with E-state index in [9.17, 15) is 18.7 Å². The van der Waals surface area contributed by atoms with Crippen molar-refractivity contribution in [2.24, 2.45) is 0 Å². The van der Waals surface area contributed by atoms with E-state index in [0.29, 0.717) is 13.1 Å². The van der Waals surface area contributed by atoms with Crippen molar-refractivity contribution in [1.82, 2.24) is 4.90 Å². The quantitative estimate of drug-likeness (QED) is 0.858. The predicted octanol–water partition coefficient (Wildman–Crippen LogP) is 1.62. The van der Waals surface area contributed by atoms with Crippen LogP contribution in [-0.2, 0) is 4.74 Å². The third kappa shape index (κ3) is 3.64. The number of carbonyl (C=O) groups is 1. The standard InChI is InChI=1S/C15H19F2NO3/c1-9-6-18(7-12(8-19)21-9)10(2)15(20)11-3-4-13(16)14(17)5-11/h3-5,9-10,12,19H,6-8H2,1-2H3. The fourth-order valence-corrected chi connectivity index (χ4v) is 2.55. The average molecular weight is 299 g/mol. The SMILES string of the molecule is CC1CN(C(C)C(=O)c2ccc(F)c(F)c2)CC(CO)O1. The molecule has 116 valence electrons. The highest BCUT2D eigenvalue weighted by Crippen LogP contribution is 2.18. The van der Waals surface area contributed by atoms with Crippen LogP contribution >= 0.6 is 0 Å². The van der Waals surface area contributed by atoms with E-state index in [1.165, 1.54) is 6.07 Å². The molecule has 1 heterocycles. The van der Waals surface area contributed by atoms with Gasteiger partial charge in [-0.3, -0.25) is 9.69 Å². The second-order valence-electron chi connectivity index (χ2n) is 5.37. The molecular formula is C15H19F2NO3. The first-order chi connectivity index (χ1) is 9.92. The Morgan fingerprint density at radius 2 is 2.14 bits per heavy atom. The molecule has 0 bridgehead atoms. The molecule has 0 aromatic heterocycles. The third-order valence-electron chi connectivity index (χ3n) is 3.69. The molecule has 21 heavy (non-hydrogen) atoms. The fourth-order valence-electron chi connectivity index (χ4n) is 2.55. The topological polar surface area (TPSA) is 49.8 Å². The largest absolute Gasteiger partial charge is 0.394 e. The number of rotatable bonds is 4. The molecule has 1 aliphatic rings. The zero-order chi connectivity index (χ0) is 15.6. The van der Waals surface area contributed by atoms with E-state index >= 15 is 0 Å². The van der Waals surface area contributed by atoms with Gasteiger partial charge in [-0.05, 0) is 32.0 Å². The minimum atomic E-state index is -1.03. The first-order valence-electron chi connectivity index (χ1n) is 6.92. The Morgan fingerprint density at radius 1 is 1.43 bits per heavy atom. The Kier molecular flexibility index (Phi) is 5.03. The number of morpholine rings is 1. The van der Waals surface area contributed by atoms with Crippen LogP contribution in [0.4, 0.5) is 8.78 Å². The smallest absolute Gasteiger partial charge is 0.179 e. The van der Waals surface area contributed by atoms with Crippen LogP contribution in [-0.4, -0.2) is 53.7 Å². The van der Waals surface area contributed by atoms with Crippen molar-refractivity contribution in [3.63, 3.8) is 0 Å². The maximum Gasteiger partial charge on any atom is 0.179 e. The van der Waals surface area contributed by atoms with Gasteiger partial charge >= 0.3 is 0 Å². The molecule has 4 nitrogen and oxygen atoms in total. The van der Waals surface area contributed by atoms with Crippen LogP contribution < -0.4 is 0 Å². The Morgan fingerprint density at radius 3 is 2.76 bits per heavy atom. The average Bonchev–Trinajstić information content (AvgIpc) is 2.47. The summed E-state index contributed by atoms with van der Waals surface area (Å²) >= 11 is 0. The molecule has 6 heteroatoms. The Labute approximate surface area is 122 Å². The van der Waals surface area contributed by atoms with Crippen molar-refractivity contribution in [2.45, 2.75) is 32.1 Å². The molecule has 0 radical (unpaired) electrons. The van der Waals surface area contributed by atoms with Crippen LogP contribution in [0.5, 0.6) is 0 Å². The molecule has 0 saturated carbocycles. The van der Waals surface area contributed by atoms with E-state index < -0.39 is 17.7 Å². The summed E-state index contributed by atoms with van der Waals surface area (Å²) in [6, 6.07) is 2.66. The van der Waals surface area contributed by atoms with Gasteiger partial charge in [0.25, 0.3) is 0 Å². The fraction of sp³-hybridized carbons (Fsp3) is 0.533. The summed E-state index contributed by atoms with van der Waals surface area (Å²) in [5, 5.41) is 9.20. The van der Waals surface area contributed by atoms with E-state index in [4.69, 9.17) is 4.74 Å². The molecule has 1 aliphatic heterocycles. The lowest BCUT2D eigenvalue weighted by atomic mass is 10.0. The molecule has 3 unspecified atom stereocenters. The number of ether oxygens (including phenoxy) is 1. The zero-order valence-electron chi connectivity index (χ0n) is 12.1. The van der Waals surface area contributed by atoms with Gasteiger partial charge in [0.2, 0.25) is 0 Å². The van der Waals surface area contributed by atoms with Gasteiger partial charge in [0, 0.05) is 18.7 Å². The second kappa shape index (κ2) is 6.60. The van der Waals surface area contributed by atoms with Gasteiger partial charge < -0.3 is 9.84 Å². The lowest BCUT2D eigenvalue weighted by Gasteiger charge is -2.38. The highest BCUT2D eigenvalue weighted by atomic mass is 19.2. The second-order valence-corrected chi connectivity index (χ2v) is 5.37. The Hall–Kier alpha value is -1.37. The van der Waals surface area contributed by atoms with Crippen molar-refractivity contribution in [2.75, 3.05) is 19.7 Å². The number of carbonyl (C=O) groups excluding carboxylic acids is 1. The number of halogens is 2.